The number of Topliss-reactive ketones (excluding diaryl/α,β-unsaturated/α-hetero) is 1. The standard InChI is InChI=1S/C23H18N2O6/c1-28-13-9-10-17(29-2)14(12-13)20-19(21(26)18-8-5-11-30-18)23(31-25-20)15-6-3-4-7-16(15)24-22(23)27/h3-12,19H,1-2H3,(H,24,27)/t19-,23-/m1/s1. The van der Waals surface area contributed by atoms with Gasteiger partial charge in [-0.25, -0.2) is 0 Å². The number of fused-ring (bicyclic) bond motifs is 2. The lowest BCUT2D eigenvalue weighted by molar-refractivity contribution is -0.140. The Bertz CT molecular complexity index is 1220. The highest BCUT2D eigenvalue weighted by molar-refractivity contribution is 6.25. The van der Waals surface area contributed by atoms with Crippen LogP contribution in [0.1, 0.15) is 21.7 Å². The van der Waals surface area contributed by atoms with Gasteiger partial charge in [0.15, 0.2) is 5.76 Å². The molecule has 1 aromatic heterocycles. The number of benzene rings is 2. The third-order valence-electron chi connectivity index (χ3n) is 5.59. The number of ketones is 1. The quantitative estimate of drug-likeness (QED) is 0.638. The number of nitrogens with zero attached hydrogens (tertiary/aromatic N) is 1. The van der Waals surface area contributed by atoms with E-state index >= 15 is 0 Å². The summed E-state index contributed by atoms with van der Waals surface area (Å²) in [6, 6.07) is 15.4. The summed E-state index contributed by atoms with van der Waals surface area (Å²) in [5, 5.41) is 7.05. The second-order valence-corrected chi connectivity index (χ2v) is 7.14. The number of amides is 1. The van der Waals surface area contributed by atoms with Gasteiger partial charge in [-0.2, -0.15) is 0 Å². The summed E-state index contributed by atoms with van der Waals surface area (Å²) < 4.78 is 16.2. The molecular formula is C23H18N2O6. The third kappa shape index (κ3) is 2.64. The molecule has 2 atom stereocenters. The van der Waals surface area contributed by atoms with Gasteiger partial charge >= 0.3 is 0 Å². The van der Waals surface area contributed by atoms with Crippen molar-refractivity contribution in [1.82, 2.24) is 0 Å². The van der Waals surface area contributed by atoms with Gasteiger partial charge in [0.1, 0.15) is 23.1 Å². The largest absolute Gasteiger partial charge is 0.497 e. The van der Waals surface area contributed by atoms with E-state index in [0.717, 1.165) is 0 Å². The van der Waals surface area contributed by atoms with Crippen LogP contribution in [0.3, 0.4) is 0 Å². The Kier molecular flexibility index (Phi) is 4.28. The monoisotopic (exact) mass is 418 g/mol. The molecule has 8 nitrogen and oxygen atoms in total. The van der Waals surface area contributed by atoms with Crippen molar-refractivity contribution in [3.05, 3.63) is 77.7 Å². The molecule has 0 unspecified atom stereocenters. The van der Waals surface area contributed by atoms with Crippen molar-refractivity contribution in [3.63, 3.8) is 0 Å². The molecule has 31 heavy (non-hydrogen) atoms. The number of oxime groups is 1. The van der Waals surface area contributed by atoms with Crippen LogP contribution in [-0.2, 0) is 15.2 Å². The van der Waals surface area contributed by atoms with Crippen LogP contribution in [0.15, 0.2) is 70.4 Å². The van der Waals surface area contributed by atoms with Crippen LogP contribution in [0.25, 0.3) is 0 Å². The number of carbonyl (C=O) groups is 2. The smallest absolute Gasteiger partial charge is 0.277 e. The van der Waals surface area contributed by atoms with E-state index in [0.29, 0.717) is 28.3 Å². The first kappa shape index (κ1) is 18.9. The molecule has 0 aliphatic carbocycles. The number of para-hydroxylation sites is 1. The minimum atomic E-state index is -1.66. The molecule has 2 aromatic carbocycles. The van der Waals surface area contributed by atoms with E-state index in [1.165, 1.54) is 20.5 Å². The van der Waals surface area contributed by atoms with Crippen LogP contribution in [-0.4, -0.2) is 31.6 Å². The number of furan rings is 1. The first-order valence-corrected chi connectivity index (χ1v) is 9.57. The predicted molar refractivity (Wildman–Crippen MR) is 110 cm³/mol. The minimum absolute atomic E-state index is 0.0987. The number of anilines is 1. The van der Waals surface area contributed by atoms with Gasteiger partial charge in [-0.3, -0.25) is 9.59 Å². The van der Waals surface area contributed by atoms with E-state index in [1.54, 1.807) is 54.6 Å². The molecule has 0 fully saturated rings. The fraction of sp³-hybridized carbons (Fsp3) is 0.174. The second kappa shape index (κ2) is 7.02. The van der Waals surface area contributed by atoms with Gasteiger partial charge in [0.05, 0.1) is 20.5 Å². The molecule has 2 aliphatic rings. The van der Waals surface area contributed by atoms with Crippen molar-refractivity contribution in [2.24, 2.45) is 11.1 Å². The Labute approximate surface area is 177 Å². The van der Waals surface area contributed by atoms with Crippen molar-refractivity contribution in [3.8, 4) is 11.5 Å². The van der Waals surface area contributed by atoms with E-state index in [9.17, 15) is 9.59 Å². The normalized spacial score (nSPS) is 21.3. The zero-order chi connectivity index (χ0) is 21.6. The Hall–Kier alpha value is -4.07. The third-order valence-corrected chi connectivity index (χ3v) is 5.59. The zero-order valence-corrected chi connectivity index (χ0v) is 16.7. The first-order chi connectivity index (χ1) is 15.1. The summed E-state index contributed by atoms with van der Waals surface area (Å²) in [7, 11) is 3.05. The molecule has 1 spiro atoms. The lowest BCUT2D eigenvalue weighted by Gasteiger charge is -2.26. The summed E-state index contributed by atoms with van der Waals surface area (Å²) in [6.45, 7) is 0. The Morgan fingerprint density at radius 3 is 2.68 bits per heavy atom. The highest BCUT2D eigenvalue weighted by Crippen LogP contribution is 2.50. The molecule has 1 N–H and O–H groups in total. The van der Waals surface area contributed by atoms with Crippen molar-refractivity contribution in [1.29, 1.82) is 0 Å². The molecule has 2 aliphatic heterocycles. The van der Waals surface area contributed by atoms with E-state index in [4.69, 9.17) is 18.7 Å². The number of hydrogen-bond donors (Lipinski definition) is 1. The fourth-order valence-corrected chi connectivity index (χ4v) is 4.14. The summed E-state index contributed by atoms with van der Waals surface area (Å²) in [5.41, 5.74) is 0.179. The molecule has 0 saturated carbocycles. The number of carbonyl (C=O) groups excluding carboxylic acids is 2. The molecule has 3 aromatic rings. The van der Waals surface area contributed by atoms with Gasteiger partial charge in [0.2, 0.25) is 5.78 Å². The minimum Gasteiger partial charge on any atom is -0.497 e. The van der Waals surface area contributed by atoms with E-state index < -0.39 is 23.2 Å². The number of rotatable bonds is 5. The Morgan fingerprint density at radius 2 is 1.94 bits per heavy atom. The first-order valence-electron chi connectivity index (χ1n) is 9.57. The molecule has 8 heteroatoms. The Morgan fingerprint density at radius 1 is 1.10 bits per heavy atom. The number of hydrogen-bond acceptors (Lipinski definition) is 7. The van der Waals surface area contributed by atoms with Gasteiger partial charge in [-0.1, -0.05) is 23.4 Å². The second-order valence-electron chi connectivity index (χ2n) is 7.14. The summed E-state index contributed by atoms with van der Waals surface area (Å²) in [4.78, 5) is 32.7. The van der Waals surface area contributed by atoms with Crippen LogP contribution in [0.4, 0.5) is 5.69 Å². The number of ether oxygens (including phenoxy) is 2. The molecule has 0 saturated heterocycles. The van der Waals surface area contributed by atoms with E-state index in [1.807, 2.05) is 0 Å². The average molecular weight is 418 g/mol. The number of nitrogens with one attached hydrogen (secondary N) is 1. The lowest BCUT2D eigenvalue weighted by atomic mass is 9.75. The van der Waals surface area contributed by atoms with E-state index in [2.05, 4.69) is 10.5 Å². The summed E-state index contributed by atoms with van der Waals surface area (Å²) in [5.74, 6) is -0.911. The maximum Gasteiger partial charge on any atom is 0.277 e. The van der Waals surface area contributed by atoms with Crippen molar-refractivity contribution < 1.29 is 28.3 Å². The van der Waals surface area contributed by atoms with Crippen LogP contribution >= 0.6 is 0 Å². The summed E-state index contributed by atoms with van der Waals surface area (Å²) in [6.07, 6.45) is 1.40. The molecule has 3 heterocycles. The van der Waals surface area contributed by atoms with Crippen LogP contribution in [0, 0.1) is 5.92 Å². The highest BCUT2D eigenvalue weighted by atomic mass is 16.7. The topological polar surface area (TPSA) is 99.4 Å². The van der Waals surface area contributed by atoms with Crippen LogP contribution in [0.2, 0.25) is 0 Å². The molecule has 1 amide bonds. The molecule has 5 rings (SSSR count). The molecular weight excluding hydrogens is 400 g/mol. The van der Waals surface area contributed by atoms with E-state index in [-0.39, 0.29) is 11.5 Å². The van der Waals surface area contributed by atoms with Crippen molar-refractivity contribution >= 4 is 23.1 Å². The number of methoxy groups -OCH3 is 2. The van der Waals surface area contributed by atoms with Gasteiger partial charge in [0, 0.05) is 16.8 Å². The fourth-order valence-electron chi connectivity index (χ4n) is 4.14. The molecule has 0 radical (unpaired) electrons. The van der Waals surface area contributed by atoms with Gasteiger partial charge < -0.3 is 24.0 Å². The van der Waals surface area contributed by atoms with Crippen LogP contribution < -0.4 is 14.8 Å². The lowest BCUT2D eigenvalue weighted by Crippen LogP contribution is -2.46. The maximum atomic E-state index is 13.7. The van der Waals surface area contributed by atoms with Crippen LogP contribution in [0.5, 0.6) is 11.5 Å². The van der Waals surface area contributed by atoms with Crippen molar-refractivity contribution in [2.75, 3.05) is 19.5 Å². The van der Waals surface area contributed by atoms with Gasteiger partial charge in [0.25, 0.3) is 11.5 Å². The zero-order valence-electron chi connectivity index (χ0n) is 16.7. The molecule has 0 bridgehead atoms. The molecule has 156 valence electrons. The highest BCUT2D eigenvalue weighted by Gasteiger charge is 2.64. The van der Waals surface area contributed by atoms with Gasteiger partial charge in [-0.05, 0) is 36.4 Å². The average Bonchev–Trinajstić information content (AvgIpc) is 3.53. The SMILES string of the molecule is COc1ccc(OC)c(C2=NO[C@@]3(C(=O)Nc4ccccc43)[C@H]2C(=O)c2ccco2)c1. The Balaban J connectivity index is 1.73. The van der Waals surface area contributed by atoms with Crippen molar-refractivity contribution in [2.45, 2.75) is 5.60 Å². The maximum absolute atomic E-state index is 13.7. The summed E-state index contributed by atoms with van der Waals surface area (Å²) >= 11 is 0. The van der Waals surface area contributed by atoms with Gasteiger partial charge in [-0.15, -0.1) is 0 Å². The predicted octanol–water partition coefficient (Wildman–Crippen LogP) is 3.38.